The molecule has 0 fully saturated rings. The van der Waals surface area contributed by atoms with E-state index in [1.54, 1.807) is 65.1 Å². The van der Waals surface area contributed by atoms with E-state index in [1.165, 1.54) is 0 Å². The van der Waals surface area contributed by atoms with Gasteiger partial charge in [0.2, 0.25) is 0 Å². The fourth-order valence-electron chi connectivity index (χ4n) is 3.55. The number of methoxy groups -OCH3 is 1. The fraction of sp³-hybridized carbons (Fsp3) is 0.417. The monoisotopic (exact) mass is 471 g/mol. The van der Waals surface area contributed by atoms with Crippen LogP contribution in [0.15, 0.2) is 33.5 Å². The lowest BCUT2D eigenvalue weighted by molar-refractivity contribution is -0.137. The highest BCUT2D eigenvalue weighted by atomic mass is 16.6. The van der Waals surface area contributed by atoms with E-state index in [0.717, 1.165) is 5.56 Å². The Morgan fingerprint density at radius 3 is 2.53 bits per heavy atom. The number of hydrogen-bond donors (Lipinski definition) is 3. The quantitative estimate of drug-likeness (QED) is 0.546. The zero-order chi connectivity index (χ0) is 25.0. The van der Waals surface area contributed by atoms with Gasteiger partial charge < -0.3 is 29.6 Å². The summed E-state index contributed by atoms with van der Waals surface area (Å²) >= 11 is 0. The molecule has 1 aliphatic carbocycles. The number of rotatable bonds is 7. The Morgan fingerprint density at radius 2 is 1.94 bits per heavy atom. The van der Waals surface area contributed by atoms with Crippen molar-refractivity contribution in [2.75, 3.05) is 12.4 Å². The van der Waals surface area contributed by atoms with Crippen LogP contribution in [0.2, 0.25) is 0 Å². The second kappa shape index (κ2) is 9.98. The number of alkyl carbamates (subject to hydrolysis) is 1. The van der Waals surface area contributed by atoms with E-state index in [4.69, 9.17) is 13.9 Å². The van der Waals surface area contributed by atoms with Crippen molar-refractivity contribution in [3.05, 3.63) is 50.8 Å². The Balaban J connectivity index is 1.82. The molecule has 0 saturated carbocycles. The fourth-order valence-corrected chi connectivity index (χ4v) is 3.55. The number of aromatic nitrogens is 1. The van der Waals surface area contributed by atoms with E-state index in [2.05, 4.69) is 15.6 Å². The number of benzene rings is 1. The molecule has 2 aromatic rings. The number of anilines is 1. The molecule has 3 rings (SSSR count). The van der Waals surface area contributed by atoms with Crippen LogP contribution < -0.4 is 31.6 Å². The molecule has 0 radical (unpaired) electrons. The zero-order valence-corrected chi connectivity index (χ0v) is 19.8. The molecular formula is C24H29N3O7. The predicted octanol–water partition coefficient (Wildman–Crippen LogP) is 1.40. The minimum Gasteiger partial charge on any atom is -0.497 e. The van der Waals surface area contributed by atoms with E-state index < -0.39 is 35.4 Å². The number of nitrogens with one attached hydrogen (secondary N) is 2. The summed E-state index contributed by atoms with van der Waals surface area (Å²) in [5.74, 6) is -0.459. The topological polar surface area (TPSA) is 140 Å². The number of amides is 1. The van der Waals surface area contributed by atoms with Gasteiger partial charge in [-0.25, -0.2) is 14.4 Å². The molecule has 0 saturated heterocycles. The third-order valence-corrected chi connectivity index (χ3v) is 5.22. The van der Waals surface area contributed by atoms with E-state index in [9.17, 15) is 19.5 Å². The van der Waals surface area contributed by atoms with Crippen LogP contribution in [0, 0.1) is 0 Å². The zero-order valence-electron chi connectivity index (χ0n) is 19.8. The van der Waals surface area contributed by atoms with E-state index in [1.807, 2.05) is 0 Å². The van der Waals surface area contributed by atoms with Crippen molar-refractivity contribution in [3.63, 3.8) is 0 Å². The molecule has 3 N–H and O–H groups in total. The summed E-state index contributed by atoms with van der Waals surface area (Å²) in [4.78, 5) is 41.0. The molecule has 2 atom stereocenters. The Morgan fingerprint density at radius 1 is 1.26 bits per heavy atom. The summed E-state index contributed by atoms with van der Waals surface area (Å²) in [6, 6.07) is 5.28. The van der Waals surface area contributed by atoms with E-state index >= 15 is 0 Å². The van der Waals surface area contributed by atoms with Gasteiger partial charge >= 0.3 is 17.7 Å². The van der Waals surface area contributed by atoms with E-state index in [-0.39, 0.29) is 17.7 Å². The number of fused-ring (bicyclic) bond motifs is 1. The van der Waals surface area contributed by atoms with Crippen molar-refractivity contribution in [2.24, 2.45) is 0 Å². The number of ether oxygens (including phenoxy) is 2. The van der Waals surface area contributed by atoms with Crippen LogP contribution in [0.4, 0.5) is 10.8 Å². The first kappa shape index (κ1) is 24.8. The van der Waals surface area contributed by atoms with Gasteiger partial charge in [0.25, 0.3) is 6.01 Å². The van der Waals surface area contributed by atoms with Crippen LogP contribution in [0.1, 0.15) is 39.7 Å². The SMILES string of the molecule is COc1ccc(C[C@H](Nc2nc3c(c(=O)o2)=C(C)C(NC(=O)OC(C)(C)C)CC=3)C(=O)O)cc1. The number of carbonyl (C=O) groups excluding carboxylic acids is 1. The van der Waals surface area contributed by atoms with Gasteiger partial charge in [-0.05, 0) is 57.4 Å². The number of hydrogen-bond acceptors (Lipinski definition) is 8. The highest BCUT2D eigenvalue weighted by Crippen LogP contribution is 2.15. The molecule has 1 aliphatic rings. The Hall–Kier alpha value is -3.82. The summed E-state index contributed by atoms with van der Waals surface area (Å²) in [6.07, 6.45) is 1.64. The maximum absolute atomic E-state index is 12.7. The van der Waals surface area contributed by atoms with Gasteiger partial charge in [-0.2, -0.15) is 4.98 Å². The second-order valence-electron chi connectivity index (χ2n) is 8.98. The summed E-state index contributed by atoms with van der Waals surface area (Å²) in [5, 5.41) is 15.7. The molecule has 10 heteroatoms. The third kappa shape index (κ3) is 6.15. The van der Waals surface area contributed by atoms with Gasteiger partial charge in [-0.3, -0.25) is 0 Å². The van der Waals surface area contributed by atoms with Crippen LogP contribution in [0.25, 0.3) is 11.6 Å². The summed E-state index contributed by atoms with van der Waals surface area (Å²) in [5.41, 5.74) is 0.0181. The minimum atomic E-state index is -1.12. The summed E-state index contributed by atoms with van der Waals surface area (Å²) in [7, 11) is 1.55. The van der Waals surface area contributed by atoms with Crippen molar-refractivity contribution in [1.29, 1.82) is 0 Å². The molecule has 1 unspecified atom stereocenters. The van der Waals surface area contributed by atoms with E-state index in [0.29, 0.717) is 23.1 Å². The second-order valence-corrected chi connectivity index (χ2v) is 8.98. The van der Waals surface area contributed by atoms with Gasteiger partial charge in [-0.15, -0.1) is 0 Å². The van der Waals surface area contributed by atoms with Crippen molar-refractivity contribution in [3.8, 4) is 5.75 Å². The van der Waals surface area contributed by atoms with Crippen LogP contribution in [-0.4, -0.2) is 46.9 Å². The molecule has 0 aliphatic heterocycles. The predicted molar refractivity (Wildman–Crippen MR) is 125 cm³/mol. The Labute approximate surface area is 196 Å². The van der Waals surface area contributed by atoms with Crippen LogP contribution in [0.5, 0.6) is 5.75 Å². The Bertz CT molecular complexity index is 1240. The molecule has 182 valence electrons. The third-order valence-electron chi connectivity index (χ3n) is 5.22. The lowest BCUT2D eigenvalue weighted by atomic mass is 9.99. The summed E-state index contributed by atoms with van der Waals surface area (Å²) in [6.45, 7) is 7.00. The number of carboxylic acid groups (broad SMARTS) is 1. The van der Waals surface area contributed by atoms with Crippen molar-refractivity contribution in [2.45, 2.75) is 58.2 Å². The standard InChI is InChI=1S/C24H29N3O7/c1-13-16(27-23(31)34-24(2,3)4)10-11-17-19(13)21(30)33-22(25-17)26-18(20(28)29)12-14-6-8-15(32-5)9-7-14/h6-9,11,16,18H,10,12H2,1-5H3,(H,25,26)(H,27,31)(H,28,29)/t16?,18-/m0/s1. The van der Waals surface area contributed by atoms with Gasteiger partial charge in [0.05, 0.1) is 23.7 Å². The van der Waals surface area contributed by atoms with Gasteiger partial charge in [0.15, 0.2) is 0 Å². The lowest BCUT2D eigenvalue weighted by Crippen LogP contribution is -2.51. The number of nitrogens with zero attached hydrogens (tertiary/aromatic N) is 1. The largest absolute Gasteiger partial charge is 0.497 e. The average molecular weight is 472 g/mol. The van der Waals surface area contributed by atoms with Crippen LogP contribution >= 0.6 is 0 Å². The number of aliphatic carboxylic acids is 1. The molecular weight excluding hydrogens is 442 g/mol. The molecule has 1 aromatic heterocycles. The maximum atomic E-state index is 12.7. The minimum absolute atomic E-state index is 0.137. The highest BCUT2D eigenvalue weighted by Gasteiger charge is 2.24. The van der Waals surface area contributed by atoms with Gasteiger partial charge in [0, 0.05) is 6.42 Å². The molecule has 10 nitrogen and oxygen atoms in total. The lowest BCUT2D eigenvalue weighted by Gasteiger charge is -2.24. The molecule has 0 bridgehead atoms. The Kier molecular flexibility index (Phi) is 7.29. The normalized spacial score (nSPS) is 16.0. The van der Waals surface area contributed by atoms with Gasteiger partial charge in [0.1, 0.15) is 17.4 Å². The van der Waals surface area contributed by atoms with Crippen molar-refractivity contribution < 1.29 is 28.6 Å². The molecule has 1 aromatic carbocycles. The van der Waals surface area contributed by atoms with Crippen LogP contribution in [-0.2, 0) is 16.0 Å². The summed E-state index contributed by atoms with van der Waals surface area (Å²) < 4.78 is 15.7. The first-order chi connectivity index (χ1) is 16.0. The maximum Gasteiger partial charge on any atom is 0.408 e. The number of carbonyl (C=O) groups is 2. The smallest absolute Gasteiger partial charge is 0.408 e. The average Bonchev–Trinajstić information content (AvgIpc) is 2.74. The first-order valence-corrected chi connectivity index (χ1v) is 10.8. The number of carboxylic acids is 1. The molecule has 34 heavy (non-hydrogen) atoms. The highest BCUT2D eigenvalue weighted by molar-refractivity contribution is 5.77. The first-order valence-electron chi connectivity index (χ1n) is 10.8. The van der Waals surface area contributed by atoms with Crippen molar-refractivity contribution >= 4 is 29.7 Å². The van der Waals surface area contributed by atoms with Crippen molar-refractivity contribution in [1.82, 2.24) is 10.3 Å². The molecule has 0 spiro atoms. The molecule has 1 amide bonds. The van der Waals surface area contributed by atoms with Crippen LogP contribution in [0.3, 0.4) is 0 Å². The van der Waals surface area contributed by atoms with Gasteiger partial charge in [-0.1, -0.05) is 18.2 Å². The molecule has 1 heterocycles.